The summed E-state index contributed by atoms with van der Waals surface area (Å²) < 4.78 is 27.7. The fraction of sp³-hybridized carbons (Fsp3) is 0.227. The minimum atomic E-state index is -0.785. The lowest BCUT2D eigenvalue weighted by Crippen LogP contribution is -2.13. The first-order valence-corrected chi connectivity index (χ1v) is 9.94. The Labute approximate surface area is 166 Å². The van der Waals surface area contributed by atoms with E-state index in [2.05, 4.69) is 23.5 Å². The maximum atomic E-state index is 13.9. The molecule has 0 atom stereocenters. The highest BCUT2D eigenvalue weighted by atomic mass is 32.1. The molecule has 1 N–H and O–H groups in total. The number of anilines is 2. The number of fused-ring (bicyclic) bond motifs is 3. The van der Waals surface area contributed by atoms with Gasteiger partial charge in [0.15, 0.2) is 0 Å². The van der Waals surface area contributed by atoms with E-state index in [1.54, 1.807) is 0 Å². The second-order valence-electron chi connectivity index (χ2n) is 7.11. The van der Waals surface area contributed by atoms with Gasteiger partial charge in [0.25, 0.3) is 5.91 Å². The Hall–Kier alpha value is -2.73. The van der Waals surface area contributed by atoms with Gasteiger partial charge in [0, 0.05) is 24.7 Å². The highest BCUT2D eigenvalue weighted by Crippen LogP contribution is 2.40. The average Bonchev–Trinajstić information content (AvgIpc) is 3.01. The van der Waals surface area contributed by atoms with Crippen LogP contribution in [0.5, 0.6) is 0 Å². The molecule has 1 aliphatic carbocycles. The summed E-state index contributed by atoms with van der Waals surface area (Å²) in [6.45, 7) is 0. The van der Waals surface area contributed by atoms with Gasteiger partial charge in [-0.2, -0.15) is 0 Å². The molecule has 3 aromatic rings. The number of carbonyl (C=O) groups is 1. The summed E-state index contributed by atoms with van der Waals surface area (Å²) >= 11 is 1.38. The van der Waals surface area contributed by atoms with Crippen molar-refractivity contribution < 1.29 is 13.6 Å². The first-order valence-electron chi connectivity index (χ1n) is 9.12. The predicted octanol–water partition coefficient (Wildman–Crippen LogP) is 5.50. The van der Waals surface area contributed by atoms with Crippen LogP contribution < -0.4 is 10.2 Å². The molecule has 2 aromatic carbocycles. The molecular weight excluding hydrogens is 378 g/mol. The third kappa shape index (κ3) is 3.40. The van der Waals surface area contributed by atoms with E-state index in [0.29, 0.717) is 4.88 Å². The molecule has 0 spiro atoms. The van der Waals surface area contributed by atoms with Gasteiger partial charge in [-0.05, 0) is 66.3 Å². The molecule has 0 saturated heterocycles. The van der Waals surface area contributed by atoms with E-state index in [4.69, 9.17) is 0 Å². The number of nitrogens with one attached hydrogen (secondary N) is 1. The molecule has 3 nitrogen and oxygen atoms in total. The van der Waals surface area contributed by atoms with E-state index < -0.39 is 23.2 Å². The Bertz CT molecular complexity index is 1040. The Kier molecular flexibility index (Phi) is 4.89. The number of hydrogen-bond donors (Lipinski definition) is 1. The second kappa shape index (κ2) is 7.36. The van der Waals surface area contributed by atoms with Crippen molar-refractivity contribution >= 4 is 28.6 Å². The SMILES string of the molecule is CN(C)c1ccc2c(c1)-c1sc(C(=O)Nc3c(F)cccc3F)cc1CCC2. The van der Waals surface area contributed by atoms with Crippen LogP contribution in [-0.4, -0.2) is 20.0 Å². The van der Waals surface area contributed by atoms with E-state index >= 15 is 0 Å². The number of thiophene rings is 1. The summed E-state index contributed by atoms with van der Waals surface area (Å²) in [4.78, 5) is 16.2. The molecule has 0 bridgehead atoms. The van der Waals surface area contributed by atoms with E-state index in [1.807, 2.05) is 25.1 Å². The molecular formula is C22H20F2N2OS. The van der Waals surface area contributed by atoms with Crippen molar-refractivity contribution in [3.63, 3.8) is 0 Å². The molecule has 0 unspecified atom stereocenters. The van der Waals surface area contributed by atoms with Crippen molar-refractivity contribution in [2.24, 2.45) is 0 Å². The maximum absolute atomic E-state index is 13.9. The number of rotatable bonds is 3. The maximum Gasteiger partial charge on any atom is 0.265 e. The van der Waals surface area contributed by atoms with Crippen LogP contribution in [0, 0.1) is 11.6 Å². The zero-order valence-corrected chi connectivity index (χ0v) is 16.5. The number of nitrogens with zero attached hydrogens (tertiary/aromatic N) is 1. The Balaban J connectivity index is 1.71. The molecule has 1 amide bonds. The number of para-hydroxylation sites is 1. The van der Waals surface area contributed by atoms with Gasteiger partial charge in [0.1, 0.15) is 17.3 Å². The molecule has 0 aliphatic heterocycles. The highest BCUT2D eigenvalue weighted by molar-refractivity contribution is 7.17. The number of hydrogen-bond acceptors (Lipinski definition) is 3. The Morgan fingerprint density at radius 1 is 1.04 bits per heavy atom. The zero-order chi connectivity index (χ0) is 19.8. The molecule has 0 radical (unpaired) electrons. The molecule has 4 rings (SSSR count). The smallest absolute Gasteiger partial charge is 0.265 e. The molecule has 1 aliphatic rings. The molecule has 28 heavy (non-hydrogen) atoms. The number of amides is 1. The lowest BCUT2D eigenvalue weighted by atomic mass is 10.0. The predicted molar refractivity (Wildman–Crippen MR) is 110 cm³/mol. The van der Waals surface area contributed by atoms with Gasteiger partial charge in [-0.3, -0.25) is 4.79 Å². The van der Waals surface area contributed by atoms with E-state index in [-0.39, 0.29) is 0 Å². The molecule has 6 heteroatoms. The van der Waals surface area contributed by atoms with Gasteiger partial charge in [-0.1, -0.05) is 12.1 Å². The summed E-state index contributed by atoms with van der Waals surface area (Å²) in [5.41, 5.74) is 4.20. The molecule has 144 valence electrons. The molecule has 0 saturated carbocycles. The number of carbonyl (C=O) groups excluding carboxylic acids is 1. The van der Waals surface area contributed by atoms with Gasteiger partial charge in [-0.15, -0.1) is 11.3 Å². The Morgan fingerprint density at radius 3 is 2.46 bits per heavy atom. The first-order chi connectivity index (χ1) is 13.4. The van der Waals surface area contributed by atoms with Gasteiger partial charge in [-0.25, -0.2) is 8.78 Å². The molecule has 1 heterocycles. The lowest BCUT2D eigenvalue weighted by molar-refractivity contribution is 0.102. The number of aryl methyl sites for hydroxylation is 2. The lowest BCUT2D eigenvalue weighted by Gasteiger charge is -2.15. The third-order valence-corrected chi connectivity index (χ3v) is 6.19. The quantitative estimate of drug-likeness (QED) is 0.632. The summed E-state index contributed by atoms with van der Waals surface area (Å²) in [6, 6.07) is 11.8. The van der Waals surface area contributed by atoms with Gasteiger partial charge < -0.3 is 10.2 Å². The van der Waals surface area contributed by atoms with Crippen molar-refractivity contribution in [2.75, 3.05) is 24.3 Å². The minimum absolute atomic E-state index is 0.411. The average molecular weight is 398 g/mol. The normalized spacial score (nSPS) is 12.7. The fourth-order valence-corrected chi connectivity index (χ4v) is 4.64. The van der Waals surface area contributed by atoms with Crippen molar-refractivity contribution in [2.45, 2.75) is 19.3 Å². The topological polar surface area (TPSA) is 32.3 Å². The molecule has 1 aromatic heterocycles. The van der Waals surface area contributed by atoms with Crippen LogP contribution in [0.15, 0.2) is 42.5 Å². The summed E-state index contributed by atoms with van der Waals surface area (Å²) in [5.74, 6) is -2.06. The molecule has 0 fully saturated rings. The fourth-order valence-electron chi connectivity index (χ4n) is 3.49. The monoisotopic (exact) mass is 398 g/mol. The van der Waals surface area contributed by atoms with Gasteiger partial charge >= 0.3 is 0 Å². The summed E-state index contributed by atoms with van der Waals surface area (Å²) in [6.07, 6.45) is 2.87. The third-order valence-electron chi connectivity index (χ3n) is 4.98. The van der Waals surface area contributed by atoms with Crippen LogP contribution in [-0.2, 0) is 12.8 Å². The van der Waals surface area contributed by atoms with Crippen molar-refractivity contribution in [3.8, 4) is 10.4 Å². The zero-order valence-electron chi connectivity index (χ0n) is 15.7. The van der Waals surface area contributed by atoms with Crippen LogP contribution in [0.25, 0.3) is 10.4 Å². The van der Waals surface area contributed by atoms with E-state index in [0.717, 1.165) is 53.1 Å². The van der Waals surface area contributed by atoms with E-state index in [1.165, 1.54) is 23.0 Å². The van der Waals surface area contributed by atoms with Crippen molar-refractivity contribution in [3.05, 3.63) is 70.1 Å². The van der Waals surface area contributed by atoms with Crippen LogP contribution in [0.2, 0.25) is 0 Å². The standard InChI is InChI=1S/C22H20F2N2OS/c1-26(2)15-10-9-13-5-3-6-14-11-19(28-21(14)16(13)12-15)22(27)25-20-17(23)7-4-8-18(20)24/h4,7-12H,3,5-6H2,1-2H3,(H,25,27). The van der Waals surface area contributed by atoms with Crippen LogP contribution in [0.1, 0.15) is 27.2 Å². The summed E-state index contributed by atoms with van der Waals surface area (Å²) in [7, 11) is 3.99. The second-order valence-corrected chi connectivity index (χ2v) is 8.16. The largest absolute Gasteiger partial charge is 0.378 e. The van der Waals surface area contributed by atoms with Crippen LogP contribution in [0.3, 0.4) is 0 Å². The highest BCUT2D eigenvalue weighted by Gasteiger charge is 2.22. The van der Waals surface area contributed by atoms with Crippen molar-refractivity contribution in [1.82, 2.24) is 0 Å². The number of benzene rings is 2. The van der Waals surface area contributed by atoms with Crippen LogP contribution >= 0.6 is 11.3 Å². The summed E-state index contributed by atoms with van der Waals surface area (Å²) in [5, 5.41) is 2.39. The van der Waals surface area contributed by atoms with Gasteiger partial charge in [0.2, 0.25) is 0 Å². The van der Waals surface area contributed by atoms with E-state index in [9.17, 15) is 13.6 Å². The van der Waals surface area contributed by atoms with Crippen molar-refractivity contribution in [1.29, 1.82) is 0 Å². The Morgan fingerprint density at radius 2 is 1.75 bits per heavy atom. The number of halogens is 2. The van der Waals surface area contributed by atoms with Gasteiger partial charge in [0.05, 0.1) is 4.88 Å². The first kappa shape index (κ1) is 18.6. The van der Waals surface area contributed by atoms with Crippen LogP contribution in [0.4, 0.5) is 20.2 Å². The minimum Gasteiger partial charge on any atom is -0.378 e.